The Balaban J connectivity index is 2.52. The van der Waals surface area contributed by atoms with Gasteiger partial charge in [-0.3, -0.25) is 4.79 Å². The van der Waals surface area contributed by atoms with E-state index in [1.165, 1.54) is 11.1 Å². The van der Waals surface area contributed by atoms with Gasteiger partial charge in [-0.1, -0.05) is 272 Å². The van der Waals surface area contributed by atoms with Crippen molar-refractivity contribution in [2.75, 3.05) is 26.9 Å². The summed E-state index contributed by atoms with van der Waals surface area (Å²) >= 11 is 0. The molecule has 111 heavy (non-hydrogen) atoms. The summed E-state index contributed by atoms with van der Waals surface area (Å²) in [7, 11) is -14.2. The number of carbonyl (C=O) groups excluding carboxylic acids is 1. The van der Waals surface area contributed by atoms with Gasteiger partial charge in [0, 0.05) is 37.2 Å². The quantitative estimate of drug-likeness (QED) is 0.0349. The topological polar surface area (TPSA) is 128 Å². The van der Waals surface area contributed by atoms with Gasteiger partial charge in [0.2, 0.25) is 16.6 Å². The molecule has 0 N–H and O–H groups in total. The standard InChI is InChI=1S/C91H176O13Si7/c1-41-54-94-85(92)64-80(102-108(39,40)88(24,25)26)61-78-63-84(95-66-74-48-46-45-47-49-74)90(29,30)91(93-31,99-78)65-81-59-75(51-55-96-110(67(5)6,68(7)8)69(9)10)57-77(98-81)50-53-89(27,28)83(104-109(42-2,43-3)44-4)60-76(52-56-97-111(70(11)12,71(13)14)72(15)16)58-79(101-107(37,38)87(21,22)23)62-82(103-105(32,33)34)73(17)100-106(35,36)86(18,19)20/h41,45-53,67-73,77-84H,1,42-44,54-66H2,2-40H3/b53-50+,75-51+,76-52+/t73-,77+,78-,79+,80-,81+,82-,83?,84+,91+/m1/s1. The number of carbonyl (C=O) groups is 1. The molecule has 0 bridgehead atoms. The summed E-state index contributed by atoms with van der Waals surface area (Å²) in [5.41, 5.74) is 5.13. The van der Waals surface area contributed by atoms with E-state index in [4.69, 9.17) is 54.7 Å². The highest BCUT2D eigenvalue weighted by molar-refractivity contribution is 6.78. The second-order valence-electron chi connectivity index (χ2n) is 42.3. The minimum atomic E-state index is -2.43. The molecule has 10 atom stereocenters. The molecule has 0 amide bonds. The summed E-state index contributed by atoms with van der Waals surface area (Å²) in [6.07, 6.45) is 13.8. The van der Waals surface area contributed by atoms with Crippen LogP contribution in [0.3, 0.4) is 0 Å². The molecule has 2 heterocycles. The maximum Gasteiger partial charge on any atom is 0.308 e. The zero-order chi connectivity index (χ0) is 85.3. The second-order valence-corrected chi connectivity index (χ2v) is 76.6. The number of rotatable bonds is 47. The van der Waals surface area contributed by atoms with Crippen molar-refractivity contribution in [2.45, 2.75) is 451 Å². The van der Waals surface area contributed by atoms with E-state index >= 15 is 0 Å². The molecule has 2 fully saturated rings. The molecule has 2 saturated heterocycles. The first kappa shape index (κ1) is 104. The molecule has 2 aliphatic rings. The van der Waals surface area contributed by atoms with E-state index in [1.54, 1.807) is 13.2 Å². The highest BCUT2D eigenvalue weighted by Crippen LogP contribution is 2.53. The first-order chi connectivity index (χ1) is 50.7. The normalized spacial score (nSPS) is 22.1. The molecule has 0 aromatic heterocycles. The van der Waals surface area contributed by atoms with Gasteiger partial charge in [0.25, 0.3) is 0 Å². The van der Waals surface area contributed by atoms with Gasteiger partial charge in [0.05, 0.1) is 81.2 Å². The van der Waals surface area contributed by atoms with E-state index < -0.39 is 87.0 Å². The summed E-state index contributed by atoms with van der Waals surface area (Å²) in [4.78, 5) is 13.7. The van der Waals surface area contributed by atoms with Crippen LogP contribution in [0.15, 0.2) is 78.4 Å². The third kappa shape index (κ3) is 29.0. The van der Waals surface area contributed by atoms with Gasteiger partial charge in [0.15, 0.2) is 47.4 Å². The summed E-state index contributed by atoms with van der Waals surface area (Å²) in [5, 5.41) is -0.120. The van der Waals surface area contributed by atoms with Crippen molar-refractivity contribution in [1.82, 2.24) is 0 Å². The van der Waals surface area contributed by atoms with Crippen LogP contribution in [0.2, 0.25) is 125 Å². The van der Waals surface area contributed by atoms with Crippen LogP contribution in [0.4, 0.5) is 0 Å². The fourth-order valence-corrected chi connectivity index (χ4v) is 36.5. The second kappa shape index (κ2) is 42.8. The predicted molar refractivity (Wildman–Crippen MR) is 490 cm³/mol. The maximum atomic E-state index is 13.7. The highest BCUT2D eigenvalue weighted by atomic mass is 28.4. The number of methoxy groups -OCH3 is 1. The summed E-state index contributed by atoms with van der Waals surface area (Å²) in [6, 6.07) is 13.5. The molecule has 0 saturated carbocycles. The van der Waals surface area contributed by atoms with E-state index in [9.17, 15) is 4.79 Å². The first-order valence-corrected chi connectivity index (χ1v) is 62.7. The van der Waals surface area contributed by atoms with Crippen LogP contribution in [-0.2, 0) is 66.1 Å². The van der Waals surface area contributed by atoms with Crippen molar-refractivity contribution in [3.8, 4) is 0 Å². The van der Waals surface area contributed by atoms with Crippen molar-refractivity contribution >= 4 is 64.2 Å². The lowest BCUT2D eigenvalue weighted by molar-refractivity contribution is -0.362. The SMILES string of the molecule is C=CCOC(=O)C[C@@H](C[C@@H]1C[C@H](OCc2ccccc2)C(C)(C)[C@@](C[C@@H]2C/C(=C/CO[Si](C(C)C)(C(C)C)C(C)C)C[C@H](/C=C/C(C)(C)C(C/C(=C/CO[Si](C(C)C)(C(C)C)C(C)C)C[C@@H](C[C@@H](O[Si](C)(C)C)[C@@H](C)O[Si](C)(C)C(C)(C)C)O[Si](C)(C)C(C)(C)C)O[Si](CC)(CC)CC)O2)(OC)O1)O[Si](C)(C)C(C)(C)C. The van der Waals surface area contributed by atoms with E-state index in [0.717, 1.165) is 30.1 Å². The van der Waals surface area contributed by atoms with Gasteiger partial charge >= 0.3 is 5.97 Å². The van der Waals surface area contributed by atoms with Gasteiger partial charge in [0.1, 0.15) is 6.61 Å². The van der Waals surface area contributed by atoms with Gasteiger partial charge in [-0.05, 0) is 170 Å². The number of hydrogen-bond donors (Lipinski definition) is 0. The Morgan fingerprint density at radius 1 is 0.604 bits per heavy atom. The Morgan fingerprint density at radius 3 is 1.55 bits per heavy atom. The molecule has 0 aliphatic carbocycles. The fraction of sp³-hybridized carbons (Fsp3) is 0.835. The lowest BCUT2D eigenvalue weighted by atomic mass is 9.70. The molecular weight excluding hydrogens is 1500 g/mol. The number of ether oxygens (including phenoxy) is 5. The first-order valence-electron chi connectivity index (χ1n) is 43.7. The summed E-state index contributed by atoms with van der Waals surface area (Å²) in [5.74, 6) is -1.53. The monoisotopic (exact) mass is 1670 g/mol. The number of hydrogen-bond acceptors (Lipinski definition) is 13. The van der Waals surface area contributed by atoms with E-state index in [2.05, 4.69) is 315 Å². The van der Waals surface area contributed by atoms with Gasteiger partial charge in [-0.15, -0.1) is 0 Å². The minimum absolute atomic E-state index is 0.0317. The fourth-order valence-electron chi connectivity index (χ4n) is 17.4. The van der Waals surface area contributed by atoms with Crippen LogP contribution in [0.5, 0.6) is 0 Å². The molecular formula is C91H176O13Si7. The molecule has 3 rings (SSSR count). The van der Waals surface area contributed by atoms with Gasteiger partial charge < -0.3 is 54.7 Å². The Kier molecular flexibility index (Phi) is 40.1. The van der Waals surface area contributed by atoms with Crippen LogP contribution in [0, 0.1) is 10.8 Å². The number of esters is 1. The van der Waals surface area contributed by atoms with E-state index in [0.29, 0.717) is 98.0 Å². The molecule has 1 unspecified atom stereocenters. The minimum Gasteiger partial charge on any atom is -0.461 e. The number of benzene rings is 1. The molecule has 646 valence electrons. The zero-order valence-corrected chi connectivity index (χ0v) is 86.3. The lowest BCUT2D eigenvalue weighted by Crippen LogP contribution is -2.63. The molecule has 2 aliphatic heterocycles. The Bertz CT molecular complexity index is 2960. The molecule has 1 aromatic rings. The predicted octanol–water partition coefficient (Wildman–Crippen LogP) is 27.0. The third-order valence-electron chi connectivity index (χ3n) is 27.3. The molecule has 1 aromatic carbocycles. The van der Waals surface area contributed by atoms with Gasteiger partial charge in [-0.2, -0.15) is 0 Å². The molecule has 0 spiro atoms. The lowest BCUT2D eigenvalue weighted by Gasteiger charge is -2.56. The molecule has 0 radical (unpaired) electrons. The zero-order valence-electron chi connectivity index (χ0n) is 79.3. The average molecular weight is 1670 g/mol. The Labute approximate surface area is 692 Å². The van der Waals surface area contributed by atoms with Crippen molar-refractivity contribution in [2.24, 2.45) is 10.8 Å². The average Bonchev–Trinajstić information content (AvgIpc) is 0.738. The van der Waals surface area contributed by atoms with Crippen LogP contribution in [-0.4, -0.2) is 152 Å². The maximum absolute atomic E-state index is 13.7. The Hall–Kier alpha value is -1.27. The van der Waals surface area contributed by atoms with Crippen LogP contribution >= 0.6 is 0 Å². The highest BCUT2D eigenvalue weighted by Gasteiger charge is 2.59. The van der Waals surface area contributed by atoms with Crippen molar-refractivity contribution in [3.05, 3.63) is 84.0 Å². The van der Waals surface area contributed by atoms with Crippen LogP contribution in [0.1, 0.15) is 264 Å². The summed E-state index contributed by atoms with van der Waals surface area (Å²) < 4.78 is 88.2. The van der Waals surface area contributed by atoms with Crippen molar-refractivity contribution in [1.29, 1.82) is 0 Å². The van der Waals surface area contributed by atoms with Crippen molar-refractivity contribution in [3.63, 3.8) is 0 Å². The largest absolute Gasteiger partial charge is 0.461 e. The Morgan fingerprint density at radius 2 is 1.09 bits per heavy atom. The van der Waals surface area contributed by atoms with E-state index in [1.807, 2.05) is 6.07 Å². The smallest absolute Gasteiger partial charge is 0.308 e. The molecule has 20 heteroatoms. The van der Waals surface area contributed by atoms with E-state index in [-0.39, 0.29) is 76.8 Å². The van der Waals surface area contributed by atoms with Gasteiger partial charge in [-0.25, -0.2) is 0 Å². The molecule has 13 nitrogen and oxygen atoms in total. The summed E-state index contributed by atoms with van der Waals surface area (Å²) in [6.45, 7) is 94.5. The van der Waals surface area contributed by atoms with Crippen LogP contribution in [0.25, 0.3) is 0 Å². The van der Waals surface area contributed by atoms with Crippen molar-refractivity contribution < 1.29 is 59.5 Å². The third-order valence-corrected chi connectivity index (χ3v) is 58.8. The van der Waals surface area contributed by atoms with Crippen LogP contribution < -0.4 is 0 Å².